The van der Waals surface area contributed by atoms with Crippen molar-refractivity contribution in [1.29, 1.82) is 0 Å². The van der Waals surface area contributed by atoms with Crippen LogP contribution in [0.2, 0.25) is 5.02 Å². The van der Waals surface area contributed by atoms with Crippen LogP contribution in [0, 0.1) is 6.92 Å². The highest BCUT2D eigenvalue weighted by atomic mass is 35.5. The van der Waals surface area contributed by atoms with E-state index in [1.807, 2.05) is 38.2 Å². The summed E-state index contributed by atoms with van der Waals surface area (Å²) in [6.07, 6.45) is 0.937. The second-order valence-corrected chi connectivity index (χ2v) is 5.88. The Morgan fingerprint density at radius 2 is 1.90 bits per heavy atom. The van der Waals surface area contributed by atoms with Crippen molar-refractivity contribution in [3.8, 4) is 0 Å². The fourth-order valence-corrected chi connectivity index (χ4v) is 2.91. The predicted molar refractivity (Wildman–Crippen MR) is 86.7 cm³/mol. The van der Waals surface area contributed by atoms with Crippen molar-refractivity contribution >= 4 is 29.2 Å². The molecule has 0 spiro atoms. The highest BCUT2D eigenvalue weighted by Gasteiger charge is 2.09. The number of thioether (sulfide) groups is 1. The number of nitrogens with zero attached hydrogens (tertiary/aromatic N) is 2. The van der Waals surface area contributed by atoms with E-state index in [0.717, 1.165) is 34.5 Å². The third-order valence-corrected chi connectivity index (χ3v) is 4.29. The molecular weight excluding hydrogens is 290 g/mol. The van der Waals surface area contributed by atoms with E-state index in [2.05, 4.69) is 22.2 Å². The Morgan fingerprint density at radius 1 is 1.20 bits per heavy atom. The average molecular weight is 308 g/mol. The van der Waals surface area contributed by atoms with E-state index in [4.69, 9.17) is 11.6 Å². The van der Waals surface area contributed by atoms with Gasteiger partial charge in [-0.2, -0.15) is 0 Å². The summed E-state index contributed by atoms with van der Waals surface area (Å²) in [4.78, 5) is 10.3. The molecule has 106 valence electrons. The van der Waals surface area contributed by atoms with E-state index in [1.165, 1.54) is 10.5 Å². The molecule has 1 N–H and O–H groups in total. The number of hydrogen-bond acceptors (Lipinski definition) is 4. The Kier molecular flexibility index (Phi) is 5.26. The van der Waals surface area contributed by atoms with Gasteiger partial charge in [-0.3, -0.25) is 0 Å². The molecule has 20 heavy (non-hydrogen) atoms. The van der Waals surface area contributed by atoms with Gasteiger partial charge in [-0.05, 0) is 37.6 Å². The molecule has 5 heteroatoms. The molecule has 0 unspecified atom stereocenters. The summed E-state index contributed by atoms with van der Waals surface area (Å²) < 4.78 is 0. The van der Waals surface area contributed by atoms with Gasteiger partial charge < -0.3 is 5.32 Å². The average Bonchev–Trinajstić information content (AvgIpc) is 2.46. The fourth-order valence-electron chi connectivity index (χ4n) is 2.03. The highest BCUT2D eigenvalue weighted by Crippen LogP contribution is 2.24. The maximum absolute atomic E-state index is 5.88. The van der Waals surface area contributed by atoms with Crippen molar-refractivity contribution < 1.29 is 0 Å². The topological polar surface area (TPSA) is 37.8 Å². The summed E-state index contributed by atoms with van der Waals surface area (Å²) in [6.45, 7) is 4.16. The largest absolute Gasteiger partial charge is 0.373 e. The molecule has 0 atom stereocenters. The SMILES string of the molecule is CCc1c(C)nc(CSc2ccc(Cl)cc2)nc1NC. The molecule has 0 saturated carbocycles. The number of halogens is 1. The van der Waals surface area contributed by atoms with Gasteiger partial charge in [0.25, 0.3) is 0 Å². The van der Waals surface area contributed by atoms with Crippen LogP contribution in [-0.4, -0.2) is 17.0 Å². The van der Waals surface area contributed by atoms with E-state index in [-0.39, 0.29) is 0 Å². The quantitative estimate of drug-likeness (QED) is 0.834. The molecule has 1 aromatic carbocycles. The molecule has 0 amide bonds. The lowest BCUT2D eigenvalue weighted by Gasteiger charge is -2.11. The zero-order valence-electron chi connectivity index (χ0n) is 11.9. The van der Waals surface area contributed by atoms with Crippen LogP contribution in [0.5, 0.6) is 0 Å². The van der Waals surface area contributed by atoms with Crippen molar-refractivity contribution in [2.75, 3.05) is 12.4 Å². The molecule has 2 rings (SSSR count). The minimum atomic E-state index is 0.751. The number of anilines is 1. The van der Waals surface area contributed by atoms with E-state index in [0.29, 0.717) is 0 Å². The van der Waals surface area contributed by atoms with Crippen LogP contribution in [0.25, 0.3) is 0 Å². The summed E-state index contributed by atoms with van der Waals surface area (Å²) in [5.41, 5.74) is 2.24. The van der Waals surface area contributed by atoms with Crippen molar-refractivity contribution in [3.05, 3.63) is 46.4 Å². The highest BCUT2D eigenvalue weighted by molar-refractivity contribution is 7.98. The van der Waals surface area contributed by atoms with Crippen LogP contribution < -0.4 is 5.32 Å². The third-order valence-electron chi connectivity index (χ3n) is 3.03. The van der Waals surface area contributed by atoms with Gasteiger partial charge in [0.1, 0.15) is 11.6 Å². The van der Waals surface area contributed by atoms with Crippen molar-refractivity contribution in [1.82, 2.24) is 9.97 Å². The van der Waals surface area contributed by atoms with Gasteiger partial charge in [-0.15, -0.1) is 11.8 Å². The minimum Gasteiger partial charge on any atom is -0.373 e. The van der Waals surface area contributed by atoms with E-state index in [9.17, 15) is 0 Å². The standard InChI is InChI=1S/C15H18ClN3S/c1-4-13-10(2)18-14(19-15(13)17-3)9-20-12-7-5-11(16)6-8-12/h5-8H,4,9H2,1-3H3,(H,17,18,19). The summed E-state index contributed by atoms with van der Waals surface area (Å²) in [5.74, 6) is 2.54. The summed E-state index contributed by atoms with van der Waals surface area (Å²) in [6, 6.07) is 7.82. The first kappa shape index (κ1) is 15.1. The Hall–Kier alpha value is -1.26. The van der Waals surface area contributed by atoms with Gasteiger partial charge in [-0.1, -0.05) is 18.5 Å². The van der Waals surface area contributed by atoms with Gasteiger partial charge in [0.05, 0.1) is 5.75 Å². The molecule has 3 nitrogen and oxygen atoms in total. The Bertz CT molecular complexity index is 584. The van der Waals surface area contributed by atoms with Crippen molar-refractivity contribution in [3.63, 3.8) is 0 Å². The smallest absolute Gasteiger partial charge is 0.141 e. The summed E-state index contributed by atoms with van der Waals surface area (Å²) in [5, 5.41) is 3.91. The van der Waals surface area contributed by atoms with E-state index in [1.54, 1.807) is 11.8 Å². The fraction of sp³-hybridized carbons (Fsp3) is 0.333. The van der Waals surface area contributed by atoms with Gasteiger partial charge in [0.2, 0.25) is 0 Å². The molecule has 0 aliphatic rings. The van der Waals surface area contributed by atoms with Gasteiger partial charge >= 0.3 is 0 Å². The number of aryl methyl sites for hydroxylation is 1. The Morgan fingerprint density at radius 3 is 2.50 bits per heavy atom. The van der Waals surface area contributed by atoms with Gasteiger partial charge in [-0.25, -0.2) is 9.97 Å². The number of nitrogens with one attached hydrogen (secondary N) is 1. The first-order valence-electron chi connectivity index (χ1n) is 6.56. The first-order valence-corrected chi connectivity index (χ1v) is 7.93. The third kappa shape index (κ3) is 3.64. The van der Waals surface area contributed by atoms with Crippen molar-refractivity contribution in [2.24, 2.45) is 0 Å². The molecule has 1 heterocycles. The summed E-state index contributed by atoms with van der Waals surface area (Å²) in [7, 11) is 1.90. The second kappa shape index (κ2) is 6.95. The van der Waals surface area contributed by atoms with Crippen LogP contribution in [0.4, 0.5) is 5.82 Å². The minimum absolute atomic E-state index is 0.751. The molecule has 2 aromatic rings. The molecular formula is C15H18ClN3S. The van der Waals surface area contributed by atoms with Gasteiger partial charge in [0.15, 0.2) is 0 Å². The molecule has 0 aliphatic carbocycles. The monoisotopic (exact) mass is 307 g/mol. The number of aromatic nitrogens is 2. The molecule has 0 radical (unpaired) electrons. The number of hydrogen-bond donors (Lipinski definition) is 1. The number of benzene rings is 1. The normalized spacial score (nSPS) is 10.6. The maximum atomic E-state index is 5.88. The molecule has 0 saturated heterocycles. The number of rotatable bonds is 5. The van der Waals surface area contributed by atoms with Crippen LogP contribution in [-0.2, 0) is 12.2 Å². The molecule has 0 aliphatic heterocycles. The second-order valence-electron chi connectivity index (χ2n) is 4.40. The van der Waals surface area contributed by atoms with Crippen molar-refractivity contribution in [2.45, 2.75) is 30.9 Å². The summed E-state index contributed by atoms with van der Waals surface area (Å²) >= 11 is 7.59. The maximum Gasteiger partial charge on any atom is 0.141 e. The van der Waals surface area contributed by atoms with E-state index < -0.39 is 0 Å². The van der Waals surface area contributed by atoms with Crippen LogP contribution in [0.1, 0.15) is 24.0 Å². The van der Waals surface area contributed by atoms with Crippen LogP contribution in [0.15, 0.2) is 29.2 Å². The Balaban J connectivity index is 2.13. The molecule has 0 fully saturated rings. The van der Waals surface area contributed by atoms with Crippen LogP contribution in [0.3, 0.4) is 0 Å². The van der Waals surface area contributed by atoms with Crippen LogP contribution >= 0.6 is 23.4 Å². The zero-order chi connectivity index (χ0) is 14.5. The predicted octanol–water partition coefficient (Wildman–Crippen LogP) is 4.33. The molecule has 0 bridgehead atoms. The lowest BCUT2D eigenvalue weighted by molar-refractivity contribution is 0.941. The first-order chi connectivity index (χ1) is 9.63. The zero-order valence-corrected chi connectivity index (χ0v) is 13.5. The lowest BCUT2D eigenvalue weighted by Crippen LogP contribution is -2.06. The molecule has 1 aromatic heterocycles. The Labute approximate surface area is 129 Å². The van der Waals surface area contributed by atoms with Gasteiger partial charge in [0, 0.05) is 28.2 Å². The lowest BCUT2D eigenvalue weighted by atomic mass is 10.1. The van der Waals surface area contributed by atoms with E-state index >= 15 is 0 Å².